The molecule has 8 atom stereocenters. The van der Waals surface area contributed by atoms with Crippen molar-refractivity contribution >= 4 is 29.8 Å². The summed E-state index contributed by atoms with van der Waals surface area (Å²) in [5.41, 5.74) is 0. The zero-order chi connectivity index (χ0) is 31.7. The Hall–Kier alpha value is -2.85. The first-order chi connectivity index (χ1) is 19.0. The Morgan fingerprint density at radius 2 is 0.829 bits per heavy atom. The molecule has 0 heterocycles. The lowest BCUT2D eigenvalue weighted by molar-refractivity contribution is -0.195. The van der Waals surface area contributed by atoms with Crippen LogP contribution in [0.5, 0.6) is 0 Å². The number of carbonyl (C=O) groups is 5. The average molecular weight is 597 g/mol. The molecule has 0 aromatic heterocycles. The first-order valence-corrected chi connectivity index (χ1v) is 13.3. The van der Waals surface area contributed by atoms with Crippen molar-refractivity contribution in [1.29, 1.82) is 0 Å². The minimum absolute atomic E-state index is 0.335. The number of esters is 5. The third-order valence-corrected chi connectivity index (χ3v) is 4.95. The van der Waals surface area contributed by atoms with Gasteiger partial charge >= 0.3 is 29.8 Å². The molecule has 0 aromatic carbocycles. The van der Waals surface area contributed by atoms with Gasteiger partial charge in [0.25, 0.3) is 0 Å². The molecule has 15 heteroatoms. The molecule has 5 N–H and O–H groups in total. The average Bonchev–Trinajstić information content (AvgIpc) is 2.77. The topological polar surface area (TPSA) is 233 Å². The molecule has 0 spiro atoms. The van der Waals surface area contributed by atoms with Crippen molar-refractivity contribution in [3.8, 4) is 0 Å². The first-order valence-electron chi connectivity index (χ1n) is 13.3. The van der Waals surface area contributed by atoms with Gasteiger partial charge in [-0.2, -0.15) is 0 Å². The van der Waals surface area contributed by atoms with Gasteiger partial charge in [0.05, 0.1) is 69.2 Å². The van der Waals surface area contributed by atoms with Gasteiger partial charge in [-0.05, 0) is 34.6 Å². The molecule has 0 saturated heterocycles. The van der Waals surface area contributed by atoms with E-state index >= 15 is 0 Å². The monoisotopic (exact) mass is 596 g/mol. The minimum Gasteiger partial charge on any atom is -0.465 e. The molecule has 0 saturated carbocycles. The second-order valence-electron chi connectivity index (χ2n) is 9.97. The van der Waals surface area contributed by atoms with E-state index in [2.05, 4.69) is 0 Å². The van der Waals surface area contributed by atoms with Gasteiger partial charge in [0, 0.05) is 6.42 Å². The lowest BCUT2D eigenvalue weighted by Crippen LogP contribution is -2.49. The van der Waals surface area contributed by atoms with Crippen LogP contribution in [0.2, 0.25) is 0 Å². The standard InChI is InChI=1S/C26H44O15/c1-14(27)8-21(32)37-7-6-19(39-23(34)10-16(3)29)26(41-25(36)12-18(5)31)20(40-24(35)11-17(4)30)13-38-22(33)9-15(2)28/h14-20,26-31H,6-13H2,1-5H3. The number of carbonyl (C=O) groups excluding carboxylic acids is 5. The Kier molecular flexibility index (Phi) is 18.7. The van der Waals surface area contributed by atoms with Crippen LogP contribution in [0.25, 0.3) is 0 Å². The zero-order valence-corrected chi connectivity index (χ0v) is 24.1. The lowest BCUT2D eigenvalue weighted by atomic mass is 10.0. The van der Waals surface area contributed by atoms with E-state index in [1.807, 2.05) is 0 Å². The van der Waals surface area contributed by atoms with Gasteiger partial charge in [-0.15, -0.1) is 0 Å². The van der Waals surface area contributed by atoms with Crippen LogP contribution in [0.3, 0.4) is 0 Å². The Labute approximate surface area is 238 Å². The fraction of sp³-hybridized carbons (Fsp3) is 0.808. The van der Waals surface area contributed by atoms with Crippen LogP contribution in [0.1, 0.15) is 73.1 Å². The molecular weight excluding hydrogens is 552 g/mol. The molecule has 238 valence electrons. The molecule has 0 radical (unpaired) electrons. The van der Waals surface area contributed by atoms with Crippen LogP contribution >= 0.6 is 0 Å². The molecular formula is C26H44O15. The zero-order valence-electron chi connectivity index (χ0n) is 24.1. The summed E-state index contributed by atoms with van der Waals surface area (Å²) < 4.78 is 26.3. The minimum atomic E-state index is -1.69. The van der Waals surface area contributed by atoms with E-state index in [0.717, 1.165) is 0 Å². The molecule has 0 bridgehead atoms. The SMILES string of the molecule is CC(O)CC(=O)OCCC(OC(=O)CC(C)O)C(OC(=O)CC(C)O)C(COC(=O)CC(C)O)OC(=O)CC(C)O. The molecule has 0 aliphatic rings. The maximum atomic E-state index is 12.6. The third-order valence-electron chi connectivity index (χ3n) is 4.95. The van der Waals surface area contributed by atoms with E-state index < -0.39 is 118 Å². The molecule has 0 aromatic rings. The summed E-state index contributed by atoms with van der Waals surface area (Å²) in [6.45, 7) is 5.46. The molecule has 41 heavy (non-hydrogen) atoms. The molecule has 0 aliphatic carbocycles. The summed E-state index contributed by atoms with van der Waals surface area (Å²) >= 11 is 0. The number of rotatable bonds is 20. The fourth-order valence-corrected chi connectivity index (χ4v) is 3.30. The number of ether oxygens (including phenoxy) is 5. The van der Waals surface area contributed by atoms with Crippen LogP contribution in [-0.2, 0) is 47.7 Å². The smallest absolute Gasteiger partial charge is 0.308 e. The molecule has 15 nitrogen and oxygen atoms in total. The van der Waals surface area contributed by atoms with Crippen molar-refractivity contribution in [2.45, 2.75) is 122 Å². The Morgan fingerprint density at radius 3 is 1.24 bits per heavy atom. The van der Waals surface area contributed by atoms with E-state index in [0.29, 0.717) is 0 Å². The van der Waals surface area contributed by atoms with E-state index in [9.17, 15) is 49.5 Å². The van der Waals surface area contributed by atoms with Crippen LogP contribution < -0.4 is 0 Å². The summed E-state index contributed by atoms with van der Waals surface area (Å²) in [5.74, 6) is -4.66. The number of aliphatic hydroxyl groups is 5. The predicted molar refractivity (Wildman–Crippen MR) is 138 cm³/mol. The van der Waals surface area contributed by atoms with Crippen molar-refractivity contribution in [2.75, 3.05) is 13.2 Å². The Bertz CT molecular complexity index is 822. The first kappa shape index (κ1) is 38.1. The number of aliphatic hydroxyl groups excluding tert-OH is 5. The summed E-state index contributed by atoms with van der Waals surface area (Å²) in [4.78, 5) is 61.6. The van der Waals surface area contributed by atoms with Gasteiger partial charge in [0.2, 0.25) is 0 Å². The highest BCUT2D eigenvalue weighted by Crippen LogP contribution is 2.20. The number of hydrogen-bond donors (Lipinski definition) is 5. The summed E-state index contributed by atoms with van der Waals surface area (Å²) in [6.07, 6.45) is -12.9. The van der Waals surface area contributed by atoms with Crippen molar-refractivity contribution < 1.29 is 73.2 Å². The Balaban J connectivity index is 6.34. The second-order valence-corrected chi connectivity index (χ2v) is 9.97. The van der Waals surface area contributed by atoms with Crippen LogP contribution in [-0.4, -0.2) is 117 Å². The van der Waals surface area contributed by atoms with Gasteiger partial charge in [-0.3, -0.25) is 24.0 Å². The van der Waals surface area contributed by atoms with E-state index in [-0.39, 0.29) is 12.8 Å². The van der Waals surface area contributed by atoms with E-state index in [1.165, 1.54) is 34.6 Å². The lowest BCUT2D eigenvalue weighted by Gasteiger charge is -2.32. The van der Waals surface area contributed by atoms with Crippen molar-refractivity contribution in [1.82, 2.24) is 0 Å². The summed E-state index contributed by atoms with van der Waals surface area (Å²) in [5, 5.41) is 47.7. The third kappa shape index (κ3) is 19.8. The maximum absolute atomic E-state index is 12.6. The largest absolute Gasteiger partial charge is 0.465 e. The molecule has 0 aliphatic heterocycles. The van der Waals surface area contributed by atoms with Crippen molar-refractivity contribution in [2.24, 2.45) is 0 Å². The van der Waals surface area contributed by atoms with Gasteiger partial charge in [0.15, 0.2) is 12.2 Å². The second kappa shape index (κ2) is 20.1. The maximum Gasteiger partial charge on any atom is 0.308 e. The highest BCUT2D eigenvalue weighted by Gasteiger charge is 2.39. The molecule has 0 fully saturated rings. The normalized spacial score (nSPS) is 17.0. The van der Waals surface area contributed by atoms with Crippen molar-refractivity contribution in [3.05, 3.63) is 0 Å². The van der Waals surface area contributed by atoms with Gasteiger partial charge < -0.3 is 49.2 Å². The van der Waals surface area contributed by atoms with Gasteiger partial charge in [0.1, 0.15) is 12.7 Å². The van der Waals surface area contributed by atoms with Crippen molar-refractivity contribution in [3.63, 3.8) is 0 Å². The molecule has 0 rings (SSSR count). The quantitative estimate of drug-likeness (QED) is 0.0842. The van der Waals surface area contributed by atoms with Gasteiger partial charge in [-0.25, -0.2) is 0 Å². The predicted octanol–water partition coefficient (Wildman–Crippen LogP) is -0.947. The van der Waals surface area contributed by atoms with Crippen LogP contribution in [0, 0.1) is 0 Å². The summed E-state index contributed by atoms with van der Waals surface area (Å²) in [7, 11) is 0. The molecule has 0 amide bonds. The molecule has 8 unspecified atom stereocenters. The highest BCUT2D eigenvalue weighted by atomic mass is 16.6. The van der Waals surface area contributed by atoms with Crippen LogP contribution in [0.15, 0.2) is 0 Å². The van der Waals surface area contributed by atoms with E-state index in [4.69, 9.17) is 23.7 Å². The number of hydrogen-bond acceptors (Lipinski definition) is 15. The van der Waals surface area contributed by atoms with Crippen LogP contribution in [0.4, 0.5) is 0 Å². The van der Waals surface area contributed by atoms with E-state index in [1.54, 1.807) is 0 Å². The summed E-state index contributed by atoms with van der Waals surface area (Å²) in [6, 6.07) is 0. The van der Waals surface area contributed by atoms with Gasteiger partial charge in [-0.1, -0.05) is 0 Å². The highest BCUT2D eigenvalue weighted by molar-refractivity contribution is 5.73. The Morgan fingerprint density at radius 1 is 0.488 bits per heavy atom. The fourth-order valence-electron chi connectivity index (χ4n) is 3.30.